The second kappa shape index (κ2) is 8.14. The lowest BCUT2D eigenvalue weighted by Crippen LogP contribution is -2.24. The second-order valence-corrected chi connectivity index (χ2v) is 8.68. The predicted octanol–water partition coefficient (Wildman–Crippen LogP) is 3.67. The Morgan fingerprint density at radius 2 is 1.88 bits per heavy atom. The molecule has 1 fully saturated rings. The highest BCUT2D eigenvalue weighted by Crippen LogP contribution is 2.28. The second-order valence-electron chi connectivity index (χ2n) is 8.68. The lowest BCUT2D eigenvalue weighted by atomic mass is 10.2. The lowest BCUT2D eigenvalue weighted by molar-refractivity contribution is 0.0115. The molecule has 34 heavy (non-hydrogen) atoms. The summed E-state index contributed by atoms with van der Waals surface area (Å²) in [6.45, 7) is 1.20. The van der Waals surface area contributed by atoms with Crippen molar-refractivity contribution in [1.82, 2.24) is 38.8 Å². The third-order valence-electron chi connectivity index (χ3n) is 6.00. The van der Waals surface area contributed by atoms with Gasteiger partial charge in [-0.1, -0.05) is 11.3 Å². The average Bonchev–Trinajstić information content (AvgIpc) is 3.61. The number of rotatable bonds is 6. The van der Waals surface area contributed by atoms with Crippen LogP contribution >= 0.6 is 0 Å². The Labute approximate surface area is 194 Å². The highest BCUT2D eigenvalue weighted by atomic mass is 19.3. The lowest BCUT2D eigenvalue weighted by Gasteiger charge is -2.15. The first-order chi connectivity index (χ1) is 16.5. The molecule has 0 aromatic carbocycles. The molecule has 5 aromatic rings. The van der Waals surface area contributed by atoms with Crippen LogP contribution < -0.4 is 0 Å². The molecule has 1 saturated heterocycles. The summed E-state index contributed by atoms with van der Waals surface area (Å²) in [5, 5.41) is 8.56. The first-order valence-corrected chi connectivity index (χ1v) is 11.1. The van der Waals surface area contributed by atoms with Crippen LogP contribution in [0.2, 0.25) is 0 Å². The third-order valence-corrected chi connectivity index (χ3v) is 6.00. The molecule has 5 aromatic heterocycles. The van der Waals surface area contributed by atoms with Gasteiger partial charge < -0.3 is 8.97 Å². The fourth-order valence-electron chi connectivity index (χ4n) is 4.35. The monoisotopic (exact) mass is 460 g/mol. The van der Waals surface area contributed by atoms with Crippen molar-refractivity contribution >= 4 is 5.65 Å². The largest absolute Gasteiger partial charge is 0.322 e. The van der Waals surface area contributed by atoms with Crippen LogP contribution in [0.3, 0.4) is 0 Å². The zero-order valence-corrected chi connectivity index (χ0v) is 18.3. The van der Waals surface area contributed by atoms with Gasteiger partial charge in [0.2, 0.25) is 0 Å². The molecule has 6 rings (SSSR count). The van der Waals surface area contributed by atoms with Crippen LogP contribution in [0.1, 0.15) is 17.7 Å². The van der Waals surface area contributed by atoms with Crippen molar-refractivity contribution in [2.75, 3.05) is 13.1 Å². The molecule has 1 aliphatic rings. The van der Waals surface area contributed by atoms with Crippen molar-refractivity contribution in [1.29, 1.82) is 0 Å². The van der Waals surface area contributed by atoms with Crippen molar-refractivity contribution in [3.8, 4) is 16.9 Å². The minimum absolute atomic E-state index is 0.0724. The highest BCUT2D eigenvalue weighted by Gasteiger charge is 2.37. The van der Waals surface area contributed by atoms with E-state index in [2.05, 4.69) is 20.3 Å². The average molecular weight is 460 g/mol. The van der Waals surface area contributed by atoms with Gasteiger partial charge in [0.15, 0.2) is 0 Å². The van der Waals surface area contributed by atoms with Gasteiger partial charge in [-0.05, 0) is 29.8 Å². The van der Waals surface area contributed by atoms with E-state index in [1.54, 1.807) is 22.0 Å². The minimum atomic E-state index is -2.58. The molecular weight excluding hydrogens is 438 g/mol. The fraction of sp³-hybridized carbons (Fsp3) is 0.250. The summed E-state index contributed by atoms with van der Waals surface area (Å²) in [7, 11) is 0. The number of nitrogens with zero attached hydrogens (tertiary/aromatic N) is 8. The van der Waals surface area contributed by atoms with Crippen molar-refractivity contribution in [2.24, 2.45) is 0 Å². The maximum atomic E-state index is 13.5. The zero-order valence-electron chi connectivity index (χ0n) is 18.3. The van der Waals surface area contributed by atoms with E-state index < -0.39 is 5.92 Å². The number of hydrogen-bond acceptors (Lipinski definition) is 5. The van der Waals surface area contributed by atoms with Crippen LogP contribution in [0.5, 0.6) is 0 Å². The van der Waals surface area contributed by atoms with E-state index >= 15 is 0 Å². The van der Waals surface area contributed by atoms with Gasteiger partial charge >= 0.3 is 0 Å². The molecule has 1 aliphatic heterocycles. The van der Waals surface area contributed by atoms with E-state index in [4.69, 9.17) is 0 Å². The topological polar surface area (TPSA) is 69.1 Å². The summed E-state index contributed by atoms with van der Waals surface area (Å²) in [4.78, 5) is 10.8. The van der Waals surface area contributed by atoms with Gasteiger partial charge in [0.25, 0.3) is 5.92 Å². The Morgan fingerprint density at radius 1 is 1.00 bits per heavy atom. The molecule has 6 heterocycles. The number of imidazole rings is 1. The normalized spacial score (nSPS) is 15.9. The molecule has 8 nitrogen and oxygen atoms in total. The quantitative estimate of drug-likeness (QED) is 0.387. The fourth-order valence-corrected chi connectivity index (χ4v) is 4.35. The molecule has 0 spiro atoms. The van der Waals surface area contributed by atoms with Gasteiger partial charge in [0.05, 0.1) is 36.9 Å². The number of alkyl halides is 2. The van der Waals surface area contributed by atoms with E-state index in [1.165, 1.54) is 0 Å². The molecule has 10 heteroatoms. The van der Waals surface area contributed by atoms with Crippen LogP contribution in [0, 0.1) is 0 Å². The summed E-state index contributed by atoms with van der Waals surface area (Å²) in [5.41, 5.74) is 5.17. The van der Waals surface area contributed by atoms with Crippen molar-refractivity contribution in [3.63, 3.8) is 0 Å². The zero-order chi connectivity index (χ0) is 23.1. The summed E-state index contributed by atoms with van der Waals surface area (Å²) >= 11 is 0. The number of pyridine rings is 2. The standard InChI is InChI=1S/C24H22F2N8/c25-24(26)5-8-31(17-24)12-18-3-4-23-28-20(14-33(23)13-18)15-34-16-22(29-30-34)19-9-21(11-27-10-19)32-6-1-2-7-32/h1-4,6-7,9-11,13-14,16H,5,8,12,15,17H2. The van der Waals surface area contributed by atoms with Gasteiger partial charge in [-0.25, -0.2) is 18.4 Å². The van der Waals surface area contributed by atoms with Gasteiger partial charge in [-0.15, -0.1) is 5.10 Å². The van der Waals surface area contributed by atoms with E-state index in [0.29, 0.717) is 19.6 Å². The van der Waals surface area contributed by atoms with Crippen molar-refractivity contribution in [2.45, 2.75) is 25.4 Å². The van der Waals surface area contributed by atoms with Crippen LogP contribution in [-0.4, -0.2) is 57.8 Å². The van der Waals surface area contributed by atoms with E-state index in [-0.39, 0.29) is 13.0 Å². The van der Waals surface area contributed by atoms with Gasteiger partial charge in [-0.2, -0.15) is 0 Å². The van der Waals surface area contributed by atoms with E-state index in [1.807, 2.05) is 70.3 Å². The summed E-state index contributed by atoms with van der Waals surface area (Å²) in [5.74, 6) is -2.58. The summed E-state index contributed by atoms with van der Waals surface area (Å²) < 4.78 is 32.6. The summed E-state index contributed by atoms with van der Waals surface area (Å²) in [6, 6.07) is 9.81. The molecule has 0 N–H and O–H groups in total. The van der Waals surface area contributed by atoms with Crippen molar-refractivity contribution < 1.29 is 8.78 Å². The molecule has 0 bridgehead atoms. The van der Waals surface area contributed by atoms with Crippen molar-refractivity contribution in [3.05, 3.63) is 85.0 Å². The minimum Gasteiger partial charge on any atom is -0.322 e. The Balaban J connectivity index is 1.17. The Hall–Kier alpha value is -3.92. The number of hydrogen-bond donors (Lipinski definition) is 0. The van der Waals surface area contributed by atoms with Gasteiger partial charge in [0.1, 0.15) is 11.3 Å². The van der Waals surface area contributed by atoms with Gasteiger partial charge in [0, 0.05) is 56.1 Å². The molecule has 0 saturated carbocycles. The van der Waals surface area contributed by atoms with Crippen LogP contribution in [-0.2, 0) is 13.1 Å². The van der Waals surface area contributed by atoms with E-state index in [0.717, 1.165) is 33.8 Å². The van der Waals surface area contributed by atoms with Crippen LogP contribution in [0.4, 0.5) is 8.78 Å². The Bertz CT molecular complexity index is 1440. The van der Waals surface area contributed by atoms with E-state index in [9.17, 15) is 8.78 Å². The number of likely N-dealkylation sites (tertiary alicyclic amines) is 1. The number of aromatic nitrogens is 7. The Morgan fingerprint density at radius 3 is 2.71 bits per heavy atom. The third kappa shape index (κ3) is 4.19. The molecular formula is C24H22F2N8. The van der Waals surface area contributed by atoms with Crippen LogP contribution in [0.25, 0.3) is 22.6 Å². The van der Waals surface area contributed by atoms with Crippen LogP contribution in [0.15, 0.2) is 73.7 Å². The molecule has 0 atom stereocenters. The molecule has 0 unspecified atom stereocenters. The first-order valence-electron chi connectivity index (χ1n) is 11.1. The molecule has 0 radical (unpaired) electrons. The molecule has 0 amide bonds. The highest BCUT2D eigenvalue weighted by molar-refractivity contribution is 5.59. The summed E-state index contributed by atoms with van der Waals surface area (Å²) in [6.07, 6.45) is 13.2. The SMILES string of the molecule is FC1(F)CCN(Cc2ccc3nc(Cn4cc(-c5cncc(-n6cccc6)c5)nn4)cn3c2)C1. The number of halogens is 2. The molecule has 172 valence electrons. The Kier molecular flexibility index (Phi) is 4.95. The maximum Gasteiger partial charge on any atom is 0.261 e. The van der Waals surface area contributed by atoms with Gasteiger partial charge in [-0.3, -0.25) is 9.88 Å². The smallest absolute Gasteiger partial charge is 0.261 e. The molecule has 0 aliphatic carbocycles. The predicted molar refractivity (Wildman–Crippen MR) is 122 cm³/mol. The maximum absolute atomic E-state index is 13.5. The first kappa shape index (κ1) is 20.7. The number of fused-ring (bicyclic) bond motifs is 1.